The van der Waals surface area contributed by atoms with E-state index in [1.165, 1.54) is 6.42 Å². The summed E-state index contributed by atoms with van der Waals surface area (Å²) in [4.78, 5) is 12.4. The molecule has 1 saturated carbocycles. The van der Waals surface area contributed by atoms with E-state index in [-0.39, 0.29) is 5.54 Å². The summed E-state index contributed by atoms with van der Waals surface area (Å²) in [6, 6.07) is 1.74. The monoisotopic (exact) mass is 231 g/mol. The highest BCUT2D eigenvalue weighted by Crippen LogP contribution is 2.32. The van der Waals surface area contributed by atoms with Gasteiger partial charge in [-0.3, -0.25) is 0 Å². The van der Waals surface area contributed by atoms with Crippen LogP contribution >= 0.6 is 0 Å². The fourth-order valence-electron chi connectivity index (χ4n) is 1.94. The van der Waals surface area contributed by atoms with Crippen LogP contribution < -0.4 is 5.73 Å². The molecule has 0 aliphatic heterocycles. The Morgan fingerprint density at radius 1 is 1.24 bits per heavy atom. The Morgan fingerprint density at radius 3 is 2.65 bits per heavy atom. The molecule has 2 N–H and O–H groups in total. The quantitative estimate of drug-likeness (QED) is 0.845. The van der Waals surface area contributed by atoms with Crippen molar-refractivity contribution < 1.29 is 4.52 Å². The van der Waals surface area contributed by atoms with Crippen molar-refractivity contribution in [3.63, 3.8) is 0 Å². The highest BCUT2D eigenvalue weighted by Gasteiger charge is 2.34. The van der Waals surface area contributed by atoms with Crippen LogP contribution in [0.3, 0.4) is 0 Å². The minimum atomic E-state index is -0.151. The maximum absolute atomic E-state index is 6.12. The molecule has 2 aromatic heterocycles. The van der Waals surface area contributed by atoms with Crippen LogP contribution in [0.25, 0.3) is 11.6 Å². The van der Waals surface area contributed by atoms with Crippen molar-refractivity contribution in [3.8, 4) is 11.6 Å². The van der Waals surface area contributed by atoms with Crippen molar-refractivity contribution in [2.24, 2.45) is 5.73 Å². The summed E-state index contributed by atoms with van der Waals surface area (Å²) in [7, 11) is 0. The Kier molecular flexibility index (Phi) is 2.36. The first kappa shape index (κ1) is 10.3. The van der Waals surface area contributed by atoms with E-state index in [4.69, 9.17) is 10.3 Å². The highest BCUT2D eigenvalue weighted by molar-refractivity contribution is 5.40. The maximum atomic E-state index is 6.12. The molecule has 6 nitrogen and oxygen atoms in total. The molecule has 0 bridgehead atoms. The zero-order valence-electron chi connectivity index (χ0n) is 9.33. The van der Waals surface area contributed by atoms with Crippen molar-refractivity contribution in [2.45, 2.75) is 31.2 Å². The SMILES string of the molecule is NC1(Cc2nc(-c3ncccn3)no2)CCC1. The van der Waals surface area contributed by atoms with Crippen molar-refractivity contribution >= 4 is 0 Å². The van der Waals surface area contributed by atoms with Gasteiger partial charge in [0.25, 0.3) is 0 Å². The molecule has 2 heterocycles. The zero-order valence-corrected chi connectivity index (χ0v) is 9.33. The lowest BCUT2D eigenvalue weighted by atomic mass is 9.75. The summed E-state index contributed by atoms with van der Waals surface area (Å²) in [6.07, 6.45) is 7.15. The molecule has 0 atom stereocenters. The second-order valence-corrected chi connectivity index (χ2v) is 4.48. The van der Waals surface area contributed by atoms with Gasteiger partial charge in [0, 0.05) is 24.4 Å². The topological polar surface area (TPSA) is 90.7 Å². The van der Waals surface area contributed by atoms with Crippen LogP contribution in [0.15, 0.2) is 23.0 Å². The van der Waals surface area contributed by atoms with Crippen LogP contribution in [-0.4, -0.2) is 25.6 Å². The molecule has 6 heteroatoms. The fourth-order valence-corrected chi connectivity index (χ4v) is 1.94. The molecule has 88 valence electrons. The molecule has 0 spiro atoms. The molecular weight excluding hydrogens is 218 g/mol. The van der Waals surface area contributed by atoms with E-state index in [9.17, 15) is 0 Å². The molecule has 0 radical (unpaired) electrons. The third-order valence-electron chi connectivity index (χ3n) is 3.09. The van der Waals surface area contributed by atoms with Gasteiger partial charge in [-0.25, -0.2) is 9.97 Å². The summed E-state index contributed by atoms with van der Waals surface area (Å²) in [5, 5.41) is 3.86. The molecular formula is C11H13N5O. The molecule has 0 aromatic carbocycles. The van der Waals surface area contributed by atoms with Gasteiger partial charge in [0.15, 0.2) is 0 Å². The first-order valence-corrected chi connectivity index (χ1v) is 5.64. The van der Waals surface area contributed by atoms with Gasteiger partial charge in [0.1, 0.15) is 0 Å². The largest absolute Gasteiger partial charge is 0.339 e. The van der Waals surface area contributed by atoms with Crippen molar-refractivity contribution in [2.75, 3.05) is 0 Å². The van der Waals surface area contributed by atoms with Crippen molar-refractivity contribution in [3.05, 3.63) is 24.4 Å². The lowest BCUT2D eigenvalue weighted by Gasteiger charge is -2.36. The summed E-state index contributed by atoms with van der Waals surface area (Å²) < 4.78 is 5.17. The van der Waals surface area contributed by atoms with E-state index >= 15 is 0 Å². The van der Waals surface area contributed by atoms with Crippen LogP contribution in [0, 0.1) is 0 Å². The number of rotatable bonds is 3. The van der Waals surface area contributed by atoms with Gasteiger partial charge in [0.05, 0.1) is 0 Å². The molecule has 1 aliphatic carbocycles. The number of nitrogens with two attached hydrogens (primary N) is 1. The first-order valence-electron chi connectivity index (χ1n) is 5.64. The summed E-state index contributed by atoms with van der Waals surface area (Å²) in [5.74, 6) is 1.46. The Bertz CT molecular complexity index is 506. The Hall–Kier alpha value is -1.82. The Labute approximate surface area is 98.3 Å². The fraction of sp³-hybridized carbons (Fsp3) is 0.455. The summed E-state index contributed by atoms with van der Waals surface area (Å²) in [5.41, 5.74) is 5.97. The van der Waals surface area contributed by atoms with Crippen LogP contribution in [0.1, 0.15) is 25.2 Å². The van der Waals surface area contributed by atoms with Gasteiger partial charge in [-0.2, -0.15) is 4.98 Å². The third kappa shape index (κ3) is 2.03. The molecule has 1 fully saturated rings. The second kappa shape index (κ2) is 3.89. The third-order valence-corrected chi connectivity index (χ3v) is 3.09. The maximum Gasteiger partial charge on any atom is 0.240 e. The van der Waals surface area contributed by atoms with Crippen molar-refractivity contribution in [1.82, 2.24) is 20.1 Å². The van der Waals surface area contributed by atoms with Gasteiger partial charge in [-0.05, 0) is 25.3 Å². The van der Waals surface area contributed by atoms with E-state index in [1.807, 2.05) is 0 Å². The van der Waals surface area contributed by atoms with Crippen LogP contribution in [0.2, 0.25) is 0 Å². The lowest BCUT2D eigenvalue weighted by Crippen LogP contribution is -2.48. The van der Waals surface area contributed by atoms with E-state index in [2.05, 4.69) is 20.1 Å². The minimum Gasteiger partial charge on any atom is -0.339 e. The number of aromatic nitrogens is 4. The average molecular weight is 231 g/mol. The van der Waals surface area contributed by atoms with E-state index in [0.29, 0.717) is 24.0 Å². The predicted molar refractivity (Wildman–Crippen MR) is 59.8 cm³/mol. The van der Waals surface area contributed by atoms with Gasteiger partial charge in [-0.15, -0.1) is 0 Å². The highest BCUT2D eigenvalue weighted by atomic mass is 16.5. The smallest absolute Gasteiger partial charge is 0.240 e. The molecule has 0 unspecified atom stereocenters. The summed E-state index contributed by atoms with van der Waals surface area (Å²) in [6.45, 7) is 0. The predicted octanol–water partition coefficient (Wildman–Crippen LogP) is 0.950. The molecule has 17 heavy (non-hydrogen) atoms. The first-order chi connectivity index (χ1) is 8.25. The molecule has 0 amide bonds. The normalized spacial score (nSPS) is 17.7. The van der Waals surface area contributed by atoms with E-state index in [1.54, 1.807) is 18.5 Å². The molecule has 2 aromatic rings. The standard InChI is InChI=1S/C11H13N5O/c12-11(3-1-4-11)7-8-15-10(16-17-8)9-13-5-2-6-14-9/h2,5-6H,1,3-4,7,12H2. The van der Waals surface area contributed by atoms with Gasteiger partial charge < -0.3 is 10.3 Å². The number of hydrogen-bond donors (Lipinski definition) is 1. The minimum absolute atomic E-state index is 0.151. The van der Waals surface area contributed by atoms with E-state index in [0.717, 1.165) is 12.8 Å². The van der Waals surface area contributed by atoms with Crippen LogP contribution in [0.4, 0.5) is 0 Å². The van der Waals surface area contributed by atoms with E-state index < -0.39 is 0 Å². The van der Waals surface area contributed by atoms with Crippen LogP contribution in [0.5, 0.6) is 0 Å². The van der Waals surface area contributed by atoms with Crippen LogP contribution in [-0.2, 0) is 6.42 Å². The molecule has 0 saturated heterocycles. The lowest BCUT2D eigenvalue weighted by molar-refractivity contribution is 0.222. The second-order valence-electron chi connectivity index (χ2n) is 4.48. The number of hydrogen-bond acceptors (Lipinski definition) is 6. The summed E-state index contributed by atoms with van der Waals surface area (Å²) >= 11 is 0. The van der Waals surface area contributed by atoms with Gasteiger partial charge >= 0.3 is 0 Å². The Morgan fingerprint density at radius 2 is 2.00 bits per heavy atom. The van der Waals surface area contributed by atoms with Gasteiger partial charge in [0.2, 0.25) is 17.5 Å². The zero-order chi connectivity index (χ0) is 11.7. The average Bonchev–Trinajstić information content (AvgIpc) is 2.77. The van der Waals surface area contributed by atoms with Gasteiger partial charge in [-0.1, -0.05) is 5.16 Å². The Balaban J connectivity index is 1.79. The molecule has 1 aliphatic rings. The number of nitrogens with zero attached hydrogens (tertiary/aromatic N) is 4. The van der Waals surface area contributed by atoms with Crippen molar-refractivity contribution in [1.29, 1.82) is 0 Å². The molecule has 3 rings (SSSR count).